The van der Waals surface area contributed by atoms with E-state index in [-0.39, 0.29) is 12.2 Å². The lowest BCUT2D eigenvalue weighted by atomic mass is 10.2. The third-order valence-corrected chi connectivity index (χ3v) is 6.02. The van der Waals surface area contributed by atoms with Crippen molar-refractivity contribution in [3.05, 3.63) is 82.1 Å². The van der Waals surface area contributed by atoms with Gasteiger partial charge in [0.2, 0.25) is 0 Å². The number of ether oxygens (including phenoxy) is 1. The molecule has 32 heavy (non-hydrogen) atoms. The molecule has 0 aliphatic carbocycles. The van der Waals surface area contributed by atoms with E-state index in [1.165, 1.54) is 32.0 Å². The van der Waals surface area contributed by atoms with Crippen molar-refractivity contribution in [1.82, 2.24) is 24.2 Å². The molecule has 0 spiro atoms. The van der Waals surface area contributed by atoms with Crippen LogP contribution in [0.15, 0.2) is 65.8 Å². The van der Waals surface area contributed by atoms with Gasteiger partial charge in [0, 0.05) is 36.1 Å². The van der Waals surface area contributed by atoms with Crippen molar-refractivity contribution < 1.29 is 4.74 Å². The van der Waals surface area contributed by atoms with Crippen molar-refractivity contribution in [3.8, 4) is 11.4 Å². The smallest absolute Gasteiger partial charge is 0.258 e. The van der Waals surface area contributed by atoms with Gasteiger partial charge in [0.1, 0.15) is 12.4 Å². The van der Waals surface area contributed by atoms with Crippen LogP contribution in [0.25, 0.3) is 16.6 Å². The number of fused-ring (bicyclic) bond motifs is 1. The molecule has 4 heterocycles. The largest absolute Gasteiger partial charge is 0.487 e. The molecular weight excluding hydrogens is 426 g/mol. The van der Waals surface area contributed by atoms with Crippen LogP contribution in [0.2, 0.25) is 5.02 Å². The number of pyridine rings is 2. The van der Waals surface area contributed by atoms with Crippen LogP contribution in [0.1, 0.15) is 18.5 Å². The summed E-state index contributed by atoms with van der Waals surface area (Å²) in [6.07, 6.45) is 7.75. The lowest BCUT2D eigenvalue weighted by Gasteiger charge is -2.14. The lowest BCUT2D eigenvalue weighted by Crippen LogP contribution is -2.24. The molecule has 0 atom stereocenters. The molecule has 0 N–H and O–H groups in total. The van der Waals surface area contributed by atoms with E-state index in [1.54, 1.807) is 35.2 Å². The van der Waals surface area contributed by atoms with Gasteiger partial charge >= 0.3 is 0 Å². The highest BCUT2D eigenvalue weighted by Crippen LogP contribution is 2.19. The molecule has 0 radical (unpaired) electrons. The molecule has 0 bridgehead atoms. The Morgan fingerprint density at radius 1 is 1.00 bits per heavy atom. The van der Waals surface area contributed by atoms with Crippen LogP contribution < -0.4 is 10.3 Å². The number of hydrogen-bond acceptors (Lipinski definition) is 5. The Labute approximate surface area is 190 Å². The van der Waals surface area contributed by atoms with Gasteiger partial charge < -0.3 is 9.64 Å². The summed E-state index contributed by atoms with van der Waals surface area (Å²) in [5.74, 6) is 0.499. The summed E-state index contributed by atoms with van der Waals surface area (Å²) in [6, 6.07) is 12.8. The molecule has 4 aromatic rings. The molecule has 164 valence electrons. The Bertz CT molecular complexity index is 1280. The van der Waals surface area contributed by atoms with Gasteiger partial charge in [-0.25, -0.2) is 0 Å². The summed E-state index contributed by atoms with van der Waals surface area (Å²) in [4.78, 5) is 19.4. The SMILES string of the molecule is O=c1cc(OCc2ccc(Cl)cn2)ccn1-c1ccc2c(cnn2CCN2CCCC2)c1. The highest BCUT2D eigenvalue weighted by atomic mass is 35.5. The average Bonchev–Trinajstić information content (AvgIpc) is 3.47. The first-order chi connectivity index (χ1) is 15.7. The maximum absolute atomic E-state index is 12.7. The van der Waals surface area contributed by atoms with E-state index in [4.69, 9.17) is 16.3 Å². The Kier molecular flexibility index (Phi) is 5.92. The quantitative estimate of drug-likeness (QED) is 0.428. The maximum Gasteiger partial charge on any atom is 0.258 e. The number of benzene rings is 1. The molecule has 0 saturated carbocycles. The van der Waals surface area contributed by atoms with Gasteiger partial charge in [-0.3, -0.25) is 19.0 Å². The minimum absolute atomic E-state index is 0.160. The topological polar surface area (TPSA) is 65.2 Å². The highest BCUT2D eigenvalue weighted by Gasteiger charge is 2.12. The predicted molar refractivity (Wildman–Crippen MR) is 125 cm³/mol. The number of likely N-dealkylation sites (tertiary alicyclic amines) is 1. The van der Waals surface area contributed by atoms with Gasteiger partial charge in [0.05, 0.1) is 29.0 Å². The Balaban J connectivity index is 1.29. The van der Waals surface area contributed by atoms with Crippen LogP contribution in [0.4, 0.5) is 0 Å². The van der Waals surface area contributed by atoms with Crippen molar-refractivity contribution in [2.24, 2.45) is 0 Å². The first-order valence-electron chi connectivity index (χ1n) is 10.8. The Hall–Kier alpha value is -3.16. The van der Waals surface area contributed by atoms with Gasteiger partial charge in [-0.05, 0) is 62.3 Å². The van der Waals surface area contributed by atoms with E-state index in [0.29, 0.717) is 10.8 Å². The second-order valence-corrected chi connectivity index (χ2v) is 8.42. The van der Waals surface area contributed by atoms with Crippen LogP contribution in [0, 0.1) is 0 Å². The number of halogens is 1. The van der Waals surface area contributed by atoms with E-state index < -0.39 is 0 Å². The molecular formula is C24H24ClN5O2. The zero-order valence-corrected chi connectivity index (χ0v) is 18.4. The summed E-state index contributed by atoms with van der Waals surface area (Å²) in [6.45, 7) is 4.52. The number of hydrogen-bond donors (Lipinski definition) is 0. The molecule has 1 aliphatic heterocycles. The molecule has 3 aromatic heterocycles. The maximum atomic E-state index is 12.7. The summed E-state index contributed by atoms with van der Waals surface area (Å²) in [5, 5.41) is 6.15. The molecule has 8 heteroatoms. The van der Waals surface area contributed by atoms with E-state index >= 15 is 0 Å². The number of nitrogens with zero attached hydrogens (tertiary/aromatic N) is 5. The normalized spacial score (nSPS) is 14.3. The highest BCUT2D eigenvalue weighted by molar-refractivity contribution is 6.30. The second kappa shape index (κ2) is 9.14. The van der Waals surface area contributed by atoms with Gasteiger partial charge in [-0.15, -0.1) is 0 Å². The van der Waals surface area contributed by atoms with E-state index in [9.17, 15) is 4.79 Å². The van der Waals surface area contributed by atoms with Gasteiger partial charge in [-0.1, -0.05) is 11.6 Å². The zero-order valence-electron chi connectivity index (χ0n) is 17.7. The van der Waals surface area contributed by atoms with Crippen molar-refractivity contribution in [2.75, 3.05) is 19.6 Å². The van der Waals surface area contributed by atoms with Crippen LogP contribution in [-0.4, -0.2) is 43.9 Å². The van der Waals surface area contributed by atoms with Crippen LogP contribution in [0.3, 0.4) is 0 Å². The Morgan fingerprint density at radius 3 is 2.66 bits per heavy atom. The van der Waals surface area contributed by atoms with Crippen LogP contribution >= 0.6 is 11.6 Å². The van der Waals surface area contributed by atoms with Crippen molar-refractivity contribution in [3.63, 3.8) is 0 Å². The molecule has 1 aliphatic rings. The van der Waals surface area contributed by atoms with Crippen LogP contribution in [0.5, 0.6) is 5.75 Å². The predicted octanol–water partition coefficient (Wildman–Crippen LogP) is 3.91. The second-order valence-electron chi connectivity index (χ2n) is 7.99. The number of rotatable bonds is 7. The fraction of sp³-hybridized carbons (Fsp3) is 0.292. The standard InChI is InChI=1S/C24H24ClN5O2/c25-19-3-4-20(26-16-19)17-32-22-7-10-29(24(31)14-22)21-5-6-23-18(13-21)15-27-30(23)12-11-28-8-1-2-9-28/h3-7,10,13-16H,1-2,8-9,11-12,17H2. The molecule has 1 fully saturated rings. The Morgan fingerprint density at radius 2 is 1.88 bits per heavy atom. The minimum Gasteiger partial charge on any atom is -0.487 e. The third kappa shape index (κ3) is 4.54. The van der Waals surface area contributed by atoms with Crippen molar-refractivity contribution in [2.45, 2.75) is 26.0 Å². The fourth-order valence-corrected chi connectivity index (χ4v) is 4.17. The monoisotopic (exact) mass is 449 g/mol. The molecule has 5 rings (SSSR count). The van der Waals surface area contributed by atoms with E-state index in [0.717, 1.165) is 35.4 Å². The van der Waals surface area contributed by atoms with Crippen molar-refractivity contribution >= 4 is 22.5 Å². The summed E-state index contributed by atoms with van der Waals surface area (Å²) < 4.78 is 9.36. The molecule has 7 nitrogen and oxygen atoms in total. The number of aromatic nitrogens is 4. The summed E-state index contributed by atoms with van der Waals surface area (Å²) in [7, 11) is 0. The fourth-order valence-electron chi connectivity index (χ4n) is 4.06. The van der Waals surface area contributed by atoms with Crippen molar-refractivity contribution in [1.29, 1.82) is 0 Å². The van der Waals surface area contributed by atoms with E-state index in [2.05, 4.69) is 15.0 Å². The van der Waals surface area contributed by atoms with Crippen LogP contribution in [-0.2, 0) is 13.2 Å². The first kappa shape index (κ1) is 20.7. The lowest BCUT2D eigenvalue weighted by molar-refractivity contribution is 0.300. The molecule has 0 unspecified atom stereocenters. The molecule has 1 saturated heterocycles. The van der Waals surface area contributed by atoms with Gasteiger partial charge in [-0.2, -0.15) is 5.10 Å². The van der Waals surface area contributed by atoms with Gasteiger partial charge in [0.15, 0.2) is 0 Å². The third-order valence-electron chi connectivity index (χ3n) is 5.80. The average molecular weight is 450 g/mol. The molecule has 0 amide bonds. The molecule has 1 aromatic carbocycles. The first-order valence-corrected chi connectivity index (χ1v) is 11.2. The van der Waals surface area contributed by atoms with Gasteiger partial charge in [0.25, 0.3) is 5.56 Å². The summed E-state index contributed by atoms with van der Waals surface area (Å²) >= 11 is 5.85. The zero-order chi connectivity index (χ0) is 21.9. The minimum atomic E-state index is -0.160. The summed E-state index contributed by atoms with van der Waals surface area (Å²) in [5.41, 5.74) is 2.46. The van der Waals surface area contributed by atoms with E-state index in [1.807, 2.05) is 29.1 Å².